The van der Waals surface area contributed by atoms with Gasteiger partial charge in [-0.15, -0.1) is 0 Å². The standard InChI is InChI=1S/C19H20N4O2S/c1-25-13-4-6-16(21-10-13)19(7-2-8-19)11-22-18-23-14-5-3-12(17(20)24)9-15(14)26-18/h3-6,9-10H,2,7-8,11H2,1H3,(H2,20,24)(H,22,23). The summed E-state index contributed by atoms with van der Waals surface area (Å²) in [4.78, 5) is 20.5. The van der Waals surface area contributed by atoms with Crippen LogP contribution in [0.25, 0.3) is 10.2 Å². The van der Waals surface area contributed by atoms with E-state index in [4.69, 9.17) is 10.5 Å². The third kappa shape index (κ3) is 2.99. The maximum Gasteiger partial charge on any atom is 0.248 e. The molecule has 1 aliphatic carbocycles. The molecule has 1 saturated carbocycles. The molecular weight excluding hydrogens is 348 g/mol. The molecule has 1 aromatic carbocycles. The van der Waals surface area contributed by atoms with Crippen molar-refractivity contribution in [3.63, 3.8) is 0 Å². The molecule has 7 heteroatoms. The molecule has 6 nitrogen and oxygen atoms in total. The van der Waals surface area contributed by atoms with Crippen LogP contribution in [0.3, 0.4) is 0 Å². The van der Waals surface area contributed by atoms with Crippen molar-refractivity contribution in [2.45, 2.75) is 24.7 Å². The SMILES string of the molecule is COc1ccc(C2(CNc3nc4ccc(C(N)=O)cc4s3)CCC2)nc1. The number of thiazole rings is 1. The fourth-order valence-corrected chi connectivity index (χ4v) is 4.24. The number of amides is 1. The maximum atomic E-state index is 11.3. The number of nitrogens with one attached hydrogen (secondary N) is 1. The zero-order valence-corrected chi connectivity index (χ0v) is 15.3. The van der Waals surface area contributed by atoms with E-state index in [2.05, 4.69) is 21.4 Å². The van der Waals surface area contributed by atoms with Crippen LogP contribution in [0.15, 0.2) is 36.5 Å². The van der Waals surface area contributed by atoms with Crippen molar-refractivity contribution in [2.24, 2.45) is 5.73 Å². The number of primary amides is 1. The summed E-state index contributed by atoms with van der Waals surface area (Å²) in [6.07, 6.45) is 5.20. The highest BCUT2D eigenvalue weighted by atomic mass is 32.1. The quantitative estimate of drug-likeness (QED) is 0.696. The number of fused-ring (bicyclic) bond motifs is 1. The number of nitrogens with zero attached hydrogens (tertiary/aromatic N) is 2. The number of anilines is 1. The molecule has 0 atom stereocenters. The molecule has 134 valence electrons. The average Bonchev–Trinajstić information content (AvgIpc) is 3.03. The summed E-state index contributed by atoms with van der Waals surface area (Å²) in [6.45, 7) is 0.787. The van der Waals surface area contributed by atoms with Crippen LogP contribution >= 0.6 is 11.3 Å². The predicted octanol–water partition coefficient (Wildman–Crippen LogP) is 3.33. The Labute approximate surface area is 155 Å². The van der Waals surface area contributed by atoms with Gasteiger partial charge in [0.15, 0.2) is 5.13 Å². The first-order valence-corrected chi connectivity index (χ1v) is 9.36. The van der Waals surface area contributed by atoms with Crippen LogP contribution in [-0.2, 0) is 5.41 Å². The van der Waals surface area contributed by atoms with Crippen LogP contribution < -0.4 is 15.8 Å². The molecule has 2 heterocycles. The summed E-state index contributed by atoms with van der Waals surface area (Å²) in [6, 6.07) is 9.36. The third-order valence-electron chi connectivity index (χ3n) is 5.08. The van der Waals surface area contributed by atoms with Gasteiger partial charge in [0, 0.05) is 23.2 Å². The van der Waals surface area contributed by atoms with Gasteiger partial charge in [0.1, 0.15) is 5.75 Å². The van der Waals surface area contributed by atoms with Crippen molar-refractivity contribution < 1.29 is 9.53 Å². The molecule has 0 unspecified atom stereocenters. The second-order valence-electron chi connectivity index (χ2n) is 6.64. The van der Waals surface area contributed by atoms with Gasteiger partial charge in [-0.2, -0.15) is 0 Å². The fraction of sp³-hybridized carbons (Fsp3) is 0.316. The summed E-state index contributed by atoms with van der Waals surface area (Å²) in [5.41, 5.74) is 7.86. The summed E-state index contributed by atoms with van der Waals surface area (Å²) < 4.78 is 6.16. The largest absolute Gasteiger partial charge is 0.495 e. The molecule has 0 bridgehead atoms. The van der Waals surface area contributed by atoms with E-state index >= 15 is 0 Å². The first kappa shape index (κ1) is 16.8. The molecule has 3 N–H and O–H groups in total. The Kier molecular flexibility index (Phi) is 4.24. The van der Waals surface area contributed by atoms with Gasteiger partial charge in [-0.25, -0.2) is 4.98 Å². The Hall–Kier alpha value is -2.67. The molecule has 1 aliphatic rings. The highest BCUT2D eigenvalue weighted by Gasteiger charge is 2.40. The van der Waals surface area contributed by atoms with Gasteiger partial charge in [0.05, 0.1) is 23.5 Å². The maximum absolute atomic E-state index is 11.3. The van der Waals surface area contributed by atoms with Crippen molar-refractivity contribution in [1.82, 2.24) is 9.97 Å². The van der Waals surface area contributed by atoms with E-state index in [-0.39, 0.29) is 5.41 Å². The number of hydrogen-bond acceptors (Lipinski definition) is 6. The van der Waals surface area contributed by atoms with Crippen LogP contribution in [0.2, 0.25) is 0 Å². The number of nitrogens with two attached hydrogens (primary N) is 1. The minimum Gasteiger partial charge on any atom is -0.495 e. The minimum absolute atomic E-state index is 0.0442. The third-order valence-corrected chi connectivity index (χ3v) is 6.05. The molecule has 0 aliphatic heterocycles. The van der Waals surface area contributed by atoms with Crippen molar-refractivity contribution in [2.75, 3.05) is 19.0 Å². The van der Waals surface area contributed by atoms with Crippen molar-refractivity contribution >= 4 is 32.6 Å². The number of aromatic nitrogens is 2. The number of benzene rings is 1. The highest BCUT2D eigenvalue weighted by Crippen LogP contribution is 2.43. The smallest absolute Gasteiger partial charge is 0.248 e. The molecule has 2 aromatic heterocycles. The van der Waals surface area contributed by atoms with Crippen molar-refractivity contribution in [3.8, 4) is 5.75 Å². The average molecular weight is 368 g/mol. The molecule has 0 saturated heterocycles. The lowest BCUT2D eigenvalue weighted by Gasteiger charge is -2.41. The molecule has 1 fully saturated rings. The topological polar surface area (TPSA) is 90.1 Å². The zero-order valence-electron chi connectivity index (χ0n) is 14.5. The number of hydrogen-bond donors (Lipinski definition) is 2. The second-order valence-corrected chi connectivity index (χ2v) is 7.67. The van der Waals surface area contributed by atoms with E-state index in [1.54, 1.807) is 25.4 Å². The van der Waals surface area contributed by atoms with Crippen molar-refractivity contribution in [3.05, 3.63) is 47.8 Å². The summed E-state index contributed by atoms with van der Waals surface area (Å²) >= 11 is 1.53. The molecule has 0 spiro atoms. The highest BCUT2D eigenvalue weighted by molar-refractivity contribution is 7.22. The zero-order chi connectivity index (χ0) is 18.1. The number of pyridine rings is 1. The lowest BCUT2D eigenvalue weighted by Crippen LogP contribution is -2.41. The van der Waals surface area contributed by atoms with E-state index in [9.17, 15) is 4.79 Å². The van der Waals surface area contributed by atoms with Gasteiger partial charge in [0.2, 0.25) is 5.91 Å². The number of methoxy groups -OCH3 is 1. The number of rotatable bonds is 6. The van der Waals surface area contributed by atoms with E-state index < -0.39 is 5.91 Å². The first-order valence-electron chi connectivity index (χ1n) is 8.54. The molecule has 26 heavy (non-hydrogen) atoms. The van der Waals surface area contributed by atoms with E-state index in [1.165, 1.54) is 17.8 Å². The van der Waals surface area contributed by atoms with Crippen LogP contribution in [0.4, 0.5) is 5.13 Å². The lowest BCUT2D eigenvalue weighted by atomic mass is 9.66. The molecule has 3 aromatic rings. The van der Waals surface area contributed by atoms with Gasteiger partial charge in [-0.3, -0.25) is 9.78 Å². The van der Waals surface area contributed by atoms with Gasteiger partial charge >= 0.3 is 0 Å². The Morgan fingerprint density at radius 2 is 2.19 bits per heavy atom. The van der Waals surface area contributed by atoms with Crippen LogP contribution in [0, 0.1) is 0 Å². The minimum atomic E-state index is -0.422. The monoisotopic (exact) mass is 368 g/mol. The number of carbonyl (C=O) groups is 1. The summed E-state index contributed by atoms with van der Waals surface area (Å²) in [5, 5.41) is 4.32. The Morgan fingerprint density at radius 1 is 1.35 bits per heavy atom. The number of ether oxygens (including phenoxy) is 1. The Bertz CT molecular complexity index is 948. The molecule has 4 rings (SSSR count). The van der Waals surface area contributed by atoms with Gasteiger partial charge < -0.3 is 15.8 Å². The summed E-state index contributed by atoms with van der Waals surface area (Å²) in [7, 11) is 1.65. The van der Waals surface area contributed by atoms with Crippen molar-refractivity contribution in [1.29, 1.82) is 0 Å². The first-order chi connectivity index (χ1) is 12.6. The van der Waals surface area contributed by atoms with Gasteiger partial charge in [0.25, 0.3) is 0 Å². The second kappa shape index (κ2) is 6.57. The Morgan fingerprint density at radius 3 is 2.81 bits per heavy atom. The molecular formula is C19H20N4O2S. The van der Waals surface area contributed by atoms with E-state index in [0.717, 1.165) is 46.2 Å². The van der Waals surface area contributed by atoms with Gasteiger partial charge in [-0.05, 0) is 43.2 Å². The van der Waals surface area contributed by atoms with E-state index in [0.29, 0.717) is 5.56 Å². The Balaban J connectivity index is 1.53. The van der Waals surface area contributed by atoms with Crippen LogP contribution in [0.5, 0.6) is 5.75 Å². The van der Waals surface area contributed by atoms with Gasteiger partial charge in [-0.1, -0.05) is 17.8 Å². The predicted molar refractivity (Wildman–Crippen MR) is 103 cm³/mol. The number of carbonyl (C=O) groups excluding carboxylic acids is 1. The van der Waals surface area contributed by atoms with Crippen LogP contribution in [0.1, 0.15) is 35.3 Å². The normalized spacial score (nSPS) is 15.4. The molecule has 0 radical (unpaired) electrons. The molecule has 1 amide bonds. The summed E-state index contributed by atoms with van der Waals surface area (Å²) in [5.74, 6) is 0.349. The fourth-order valence-electron chi connectivity index (χ4n) is 3.34. The van der Waals surface area contributed by atoms with E-state index in [1.807, 2.05) is 12.1 Å². The lowest BCUT2D eigenvalue weighted by molar-refractivity contribution is 0.100. The van der Waals surface area contributed by atoms with Crippen LogP contribution in [-0.4, -0.2) is 29.5 Å².